The number of nitrogens with zero attached hydrogens (tertiary/aromatic N) is 3. The first-order chi connectivity index (χ1) is 20.1. The highest BCUT2D eigenvalue weighted by molar-refractivity contribution is 5.94. The van der Waals surface area contributed by atoms with Gasteiger partial charge in [-0.2, -0.15) is 10.4 Å². The standard InChI is InChI=1S/C30H32N8O4/c1-15(34-14-25(39)38-21(13-31)10-20-11-24(20)38)12-30(28-35-29(42)37-36-28)22-6-4-18(26(32)40)8-16(22)2-3-17-9-19(27(33)41)5-7-23(17)30/h4-9,15,20-21,24,34H,2-3,10-12,14H2,1H3,(H2,32,40)(H2,33,41)(H2,35,36,37,42)/t15-,20+,21?,24-/m0/s1. The quantitative estimate of drug-likeness (QED) is 0.262. The summed E-state index contributed by atoms with van der Waals surface area (Å²) in [5, 5.41) is 19.8. The molecule has 1 saturated carbocycles. The summed E-state index contributed by atoms with van der Waals surface area (Å²) >= 11 is 0. The molecule has 1 unspecified atom stereocenters. The highest BCUT2D eigenvalue weighted by Crippen LogP contribution is 2.48. The van der Waals surface area contributed by atoms with Gasteiger partial charge in [-0.15, -0.1) is 0 Å². The fraction of sp³-hybridized carbons (Fsp3) is 0.400. The summed E-state index contributed by atoms with van der Waals surface area (Å²) in [5.41, 5.74) is 13.8. The number of nitrogens with one attached hydrogen (secondary N) is 3. The van der Waals surface area contributed by atoms with Gasteiger partial charge in [-0.1, -0.05) is 12.1 Å². The van der Waals surface area contributed by atoms with E-state index in [-0.39, 0.29) is 24.5 Å². The summed E-state index contributed by atoms with van der Waals surface area (Å²) in [5.74, 6) is -0.443. The Morgan fingerprint density at radius 1 is 1.10 bits per heavy atom. The molecule has 12 nitrogen and oxygen atoms in total. The number of primary amides is 2. The number of amides is 3. The minimum Gasteiger partial charge on any atom is -0.366 e. The summed E-state index contributed by atoms with van der Waals surface area (Å²) < 4.78 is 0. The molecule has 2 fully saturated rings. The molecule has 1 aromatic heterocycles. The second-order valence-electron chi connectivity index (χ2n) is 11.6. The zero-order valence-corrected chi connectivity index (χ0v) is 23.1. The van der Waals surface area contributed by atoms with Crippen molar-refractivity contribution in [2.24, 2.45) is 17.4 Å². The maximum Gasteiger partial charge on any atom is 0.340 e. The average molecular weight is 569 g/mol. The Balaban J connectivity index is 1.43. The summed E-state index contributed by atoms with van der Waals surface area (Å²) in [6.45, 7) is 2.00. The topological polar surface area (TPSA) is 204 Å². The van der Waals surface area contributed by atoms with Crippen LogP contribution in [0.1, 0.15) is 75.0 Å². The van der Waals surface area contributed by atoms with Crippen molar-refractivity contribution < 1.29 is 14.4 Å². The third-order valence-corrected chi connectivity index (χ3v) is 9.02. The van der Waals surface area contributed by atoms with Crippen molar-refractivity contribution in [3.63, 3.8) is 0 Å². The Morgan fingerprint density at radius 2 is 1.71 bits per heavy atom. The fourth-order valence-corrected chi connectivity index (χ4v) is 7.01. The number of aromatic amines is 2. The van der Waals surface area contributed by atoms with Crippen molar-refractivity contribution in [3.8, 4) is 6.07 Å². The maximum atomic E-state index is 13.2. The van der Waals surface area contributed by atoms with Crippen LogP contribution in [-0.2, 0) is 23.1 Å². The molecule has 4 atom stereocenters. The smallest absolute Gasteiger partial charge is 0.340 e. The zero-order valence-electron chi connectivity index (χ0n) is 23.1. The van der Waals surface area contributed by atoms with E-state index in [0.717, 1.165) is 35.1 Å². The summed E-state index contributed by atoms with van der Waals surface area (Å²) in [7, 11) is 0. The number of carbonyl (C=O) groups is 3. The first-order valence-corrected chi connectivity index (χ1v) is 14.1. The van der Waals surface area contributed by atoms with Crippen LogP contribution in [0.2, 0.25) is 0 Å². The van der Waals surface area contributed by atoms with Crippen molar-refractivity contribution in [1.82, 2.24) is 25.4 Å². The number of aromatic nitrogens is 3. The van der Waals surface area contributed by atoms with E-state index < -0.39 is 29.0 Å². The Morgan fingerprint density at radius 3 is 2.24 bits per heavy atom. The lowest BCUT2D eigenvalue weighted by atomic mass is 9.67. The van der Waals surface area contributed by atoms with E-state index in [1.165, 1.54) is 0 Å². The molecule has 12 heteroatoms. The van der Waals surface area contributed by atoms with Gasteiger partial charge in [0.2, 0.25) is 17.7 Å². The van der Waals surface area contributed by atoms with Gasteiger partial charge in [-0.05, 0) is 91.5 Å². The second kappa shape index (κ2) is 10.3. The van der Waals surface area contributed by atoms with Crippen LogP contribution in [0.25, 0.3) is 0 Å². The monoisotopic (exact) mass is 568 g/mol. The van der Waals surface area contributed by atoms with Crippen molar-refractivity contribution >= 4 is 17.7 Å². The number of H-pyrrole nitrogens is 2. The van der Waals surface area contributed by atoms with Gasteiger partial charge >= 0.3 is 5.69 Å². The van der Waals surface area contributed by atoms with E-state index in [4.69, 9.17) is 11.5 Å². The number of benzene rings is 2. The molecule has 216 valence electrons. The average Bonchev–Trinajstić information content (AvgIpc) is 3.46. The van der Waals surface area contributed by atoms with Crippen LogP contribution in [0.5, 0.6) is 0 Å². The lowest BCUT2D eigenvalue weighted by Gasteiger charge is -2.37. The third-order valence-electron chi connectivity index (χ3n) is 9.02. The maximum absolute atomic E-state index is 13.2. The van der Waals surface area contributed by atoms with Gasteiger partial charge in [-0.3, -0.25) is 19.4 Å². The molecule has 3 aromatic rings. The predicted octanol–water partition coefficient (Wildman–Crippen LogP) is 0.610. The van der Waals surface area contributed by atoms with Gasteiger partial charge in [0.05, 0.1) is 18.0 Å². The number of piperidine rings is 1. The van der Waals surface area contributed by atoms with E-state index >= 15 is 0 Å². The van der Waals surface area contributed by atoms with E-state index in [9.17, 15) is 24.4 Å². The van der Waals surface area contributed by atoms with Crippen LogP contribution < -0.4 is 22.5 Å². The second-order valence-corrected chi connectivity index (χ2v) is 11.6. The molecule has 42 heavy (non-hydrogen) atoms. The Bertz CT molecular complexity index is 1640. The zero-order chi connectivity index (χ0) is 29.8. The summed E-state index contributed by atoms with van der Waals surface area (Å²) in [4.78, 5) is 54.4. The first kappa shape index (κ1) is 27.4. The lowest BCUT2D eigenvalue weighted by Crippen LogP contribution is -2.46. The van der Waals surface area contributed by atoms with Gasteiger partial charge in [-0.25, -0.2) is 9.89 Å². The van der Waals surface area contributed by atoms with Gasteiger partial charge in [0, 0.05) is 23.2 Å². The molecule has 0 bridgehead atoms. The largest absolute Gasteiger partial charge is 0.366 e. The van der Waals surface area contributed by atoms with Gasteiger partial charge in [0.25, 0.3) is 0 Å². The van der Waals surface area contributed by atoms with Crippen LogP contribution >= 0.6 is 0 Å². The predicted molar refractivity (Wildman–Crippen MR) is 151 cm³/mol. The van der Waals surface area contributed by atoms with Crippen molar-refractivity contribution in [3.05, 3.63) is 86.1 Å². The molecule has 2 heterocycles. The SMILES string of the molecule is C[C@@H](CC1(c2n[nH]c(=O)[nH]2)c2ccc(C(N)=O)cc2CCc2cc(C(N)=O)ccc21)NCC(=O)N1C(C#N)C[C@@H]2C[C@@H]21. The van der Waals surface area contributed by atoms with Crippen LogP contribution in [-0.4, -0.2) is 62.5 Å². The number of likely N-dealkylation sites (tertiary alicyclic amines) is 1. The van der Waals surface area contributed by atoms with Crippen LogP contribution in [0.3, 0.4) is 0 Å². The molecule has 3 aliphatic rings. The Labute approximate surface area is 241 Å². The Hall–Kier alpha value is -4.76. The van der Waals surface area contributed by atoms with Crippen LogP contribution in [0.4, 0.5) is 0 Å². The number of nitriles is 1. The minimum atomic E-state index is -1.04. The summed E-state index contributed by atoms with van der Waals surface area (Å²) in [6.07, 6.45) is 3.11. The van der Waals surface area contributed by atoms with Crippen molar-refractivity contribution in [1.29, 1.82) is 5.26 Å². The molecular formula is C30H32N8O4. The van der Waals surface area contributed by atoms with E-state index in [0.29, 0.717) is 42.1 Å². The number of hydrogen-bond donors (Lipinski definition) is 5. The van der Waals surface area contributed by atoms with Crippen LogP contribution in [0.15, 0.2) is 41.2 Å². The van der Waals surface area contributed by atoms with Crippen molar-refractivity contribution in [2.45, 2.75) is 62.6 Å². The summed E-state index contributed by atoms with van der Waals surface area (Å²) in [6, 6.07) is 12.3. The Kier molecular flexibility index (Phi) is 6.69. The molecule has 0 spiro atoms. The van der Waals surface area contributed by atoms with Gasteiger partial charge < -0.3 is 21.7 Å². The van der Waals surface area contributed by atoms with E-state index in [1.54, 1.807) is 29.2 Å². The number of rotatable bonds is 8. The minimum absolute atomic E-state index is 0.0523. The molecule has 2 aromatic carbocycles. The highest BCUT2D eigenvalue weighted by Gasteiger charge is 2.54. The molecule has 7 N–H and O–H groups in total. The number of nitrogens with two attached hydrogens (primary N) is 2. The highest BCUT2D eigenvalue weighted by atomic mass is 16.2. The third kappa shape index (κ3) is 4.55. The van der Waals surface area contributed by atoms with Crippen molar-refractivity contribution in [2.75, 3.05) is 6.54 Å². The normalized spacial score (nSPS) is 22.2. The first-order valence-electron chi connectivity index (χ1n) is 14.1. The number of aryl methyl sites for hydroxylation is 2. The number of hydrogen-bond acceptors (Lipinski definition) is 7. The van der Waals surface area contributed by atoms with E-state index in [2.05, 4.69) is 26.6 Å². The molecule has 6 rings (SSSR count). The molecule has 2 aliphatic carbocycles. The molecular weight excluding hydrogens is 536 g/mol. The molecule has 3 amide bonds. The van der Waals surface area contributed by atoms with Crippen LogP contribution in [0, 0.1) is 17.2 Å². The number of fused-ring (bicyclic) bond motifs is 3. The lowest BCUT2D eigenvalue weighted by molar-refractivity contribution is -0.131. The number of carbonyl (C=O) groups excluding carboxylic acids is 3. The van der Waals surface area contributed by atoms with E-state index in [1.807, 2.05) is 19.1 Å². The molecule has 0 radical (unpaired) electrons. The van der Waals surface area contributed by atoms with Gasteiger partial charge in [0.15, 0.2) is 0 Å². The fourth-order valence-electron chi connectivity index (χ4n) is 7.01. The van der Waals surface area contributed by atoms with Gasteiger partial charge in [0.1, 0.15) is 11.9 Å². The molecule has 1 saturated heterocycles. The molecule has 1 aliphatic heterocycles.